The maximum absolute atomic E-state index is 5.11. The van der Waals surface area contributed by atoms with Gasteiger partial charge in [0, 0.05) is 28.8 Å². The average Bonchev–Trinajstić information content (AvgIpc) is 2.97. The molecule has 0 radical (unpaired) electrons. The SMILES string of the molecule is CCC1CCC(c2nc(C(C)(C)C)c(CNC3CC3)s2)C1. The summed E-state index contributed by atoms with van der Waals surface area (Å²) in [5.74, 6) is 1.67. The van der Waals surface area contributed by atoms with Crippen LogP contribution in [0.4, 0.5) is 0 Å². The van der Waals surface area contributed by atoms with Crippen LogP contribution in [0.3, 0.4) is 0 Å². The van der Waals surface area contributed by atoms with E-state index in [4.69, 9.17) is 4.98 Å². The maximum atomic E-state index is 5.11. The van der Waals surface area contributed by atoms with Gasteiger partial charge >= 0.3 is 0 Å². The third kappa shape index (κ3) is 3.68. The lowest BCUT2D eigenvalue weighted by atomic mass is 9.91. The van der Waals surface area contributed by atoms with Gasteiger partial charge in [-0.3, -0.25) is 0 Å². The van der Waals surface area contributed by atoms with Gasteiger partial charge in [0.15, 0.2) is 0 Å². The van der Waals surface area contributed by atoms with Crippen molar-refractivity contribution in [1.82, 2.24) is 10.3 Å². The first-order valence-corrected chi connectivity index (χ1v) is 9.52. The molecule has 1 heterocycles. The molecule has 2 unspecified atom stereocenters. The van der Waals surface area contributed by atoms with Crippen LogP contribution < -0.4 is 5.32 Å². The van der Waals surface area contributed by atoms with Gasteiger partial charge in [0.2, 0.25) is 0 Å². The topological polar surface area (TPSA) is 24.9 Å². The number of hydrogen-bond donors (Lipinski definition) is 1. The third-order valence-corrected chi connectivity index (χ3v) is 6.24. The van der Waals surface area contributed by atoms with Crippen LogP contribution >= 0.6 is 11.3 Å². The average molecular weight is 307 g/mol. The second-order valence-corrected chi connectivity index (χ2v) is 9.13. The van der Waals surface area contributed by atoms with Gasteiger partial charge in [0.25, 0.3) is 0 Å². The van der Waals surface area contributed by atoms with Crippen LogP contribution in [0.2, 0.25) is 0 Å². The summed E-state index contributed by atoms with van der Waals surface area (Å²) in [4.78, 5) is 6.60. The minimum absolute atomic E-state index is 0.165. The molecule has 0 saturated heterocycles. The molecule has 1 aromatic heterocycles. The number of nitrogens with zero attached hydrogens (tertiary/aromatic N) is 1. The zero-order valence-electron chi connectivity index (χ0n) is 14.0. The molecule has 2 nitrogen and oxygen atoms in total. The Morgan fingerprint density at radius 2 is 1.95 bits per heavy atom. The molecule has 0 aliphatic heterocycles. The van der Waals surface area contributed by atoms with Crippen LogP contribution in [0.5, 0.6) is 0 Å². The van der Waals surface area contributed by atoms with Crippen LogP contribution in [0.15, 0.2) is 0 Å². The van der Waals surface area contributed by atoms with Crippen molar-refractivity contribution in [2.24, 2.45) is 5.92 Å². The van der Waals surface area contributed by atoms with E-state index in [0.717, 1.165) is 24.4 Å². The summed E-state index contributed by atoms with van der Waals surface area (Å²) in [5, 5.41) is 5.10. The summed E-state index contributed by atoms with van der Waals surface area (Å²) >= 11 is 1.99. The van der Waals surface area contributed by atoms with Gasteiger partial charge in [-0.15, -0.1) is 11.3 Å². The Labute approximate surface area is 133 Å². The van der Waals surface area contributed by atoms with Crippen molar-refractivity contribution < 1.29 is 0 Å². The van der Waals surface area contributed by atoms with Gasteiger partial charge in [-0.2, -0.15) is 0 Å². The van der Waals surface area contributed by atoms with Crippen LogP contribution in [-0.4, -0.2) is 11.0 Å². The molecule has 0 bridgehead atoms. The van der Waals surface area contributed by atoms with E-state index in [2.05, 4.69) is 33.0 Å². The van der Waals surface area contributed by atoms with Crippen molar-refractivity contribution in [3.05, 3.63) is 15.6 Å². The Morgan fingerprint density at radius 3 is 2.52 bits per heavy atom. The van der Waals surface area contributed by atoms with Crippen molar-refractivity contribution in [2.45, 2.75) is 90.1 Å². The first-order chi connectivity index (χ1) is 9.97. The number of hydrogen-bond acceptors (Lipinski definition) is 3. The van der Waals surface area contributed by atoms with Crippen LogP contribution in [-0.2, 0) is 12.0 Å². The molecule has 3 heteroatoms. The Balaban J connectivity index is 1.77. The molecule has 2 aliphatic rings. The molecule has 0 spiro atoms. The molecule has 1 aromatic rings. The molecule has 2 aliphatic carbocycles. The van der Waals surface area contributed by atoms with Gasteiger partial charge in [-0.1, -0.05) is 34.1 Å². The number of nitrogens with one attached hydrogen (secondary N) is 1. The lowest BCUT2D eigenvalue weighted by molar-refractivity contribution is 0.518. The van der Waals surface area contributed by atoms with E-state index in [1.807, 2.05) is 11.3 Å². The molecular formula is C18H30N2S. The second-order valence-electron chi connectivity index (χ2n) is 8.01. The highest BCUT2D eigenvalue weighted by molar-refractivity contribution is 7.11. The highest BCUT2D eigenvalue weighted by Crippen LogP contribution is 2.43. The quantitative estimate of drug-likeness (QED) is 0.829. The fourth-order valence-corrected chi connectivity index (χ4v) is 4.82. The Morgan fingerprint density at radius 1 is 1.19 bits per heavy atom. The van der Waals surface area contributed by atoms with E-state index < -0.39 is 0 Å². The molecule has 118 valence electrons. The largest absolute Gasteiger partial charge is 0.309 e. The van der Waals surface area contributed by atoms with Gasteiger partial charge in [0.1, 0.15) is 0 Å². The maximum Gasteiger partial charge on any atom is 0.0962 e. The Bertz CT molecular complexity index is 482. The molecular weight excluding hydrogens is 276 g/mol. The van der Waals surface area contributed by atoms with E-state index in [9.17, 15) is 0 Å². The molecule has 0 aromatic carbocycles. The summed E-state index contributed by atoms with van der Waals surface area (Å²) in [5.41, 5.74) is 1.51. The number of thiazole rings is 1. The molecule has 3 rings (SSSR count). The highest BCUT2D eigenvalue weighted by atomic mass is 32.1. The van der Waals surface area contributed by atoms with Gasteiger partial charge in [-0.05, 0) is 38.0 Å². The zero-order valence-corrected chi connectivity index (χ0v) is 14.9. The smallest absolute Gasteiger partial charge is 0.0962 e. The first kappa shape index (κ1) is 15.5. The fourth-order valence-electron chi connectivity index (χ4n) is 3.44. The minimum Gasteiger partial charge on any atom is -0.309 e. The van der Waals surface area contributed by atoms with E-state index in [1.54, 1.807) is 0 Å². The Hall–Kier alpha value is -0.410. The van der Waals surface area contributed by atoms with E-state index in [1.165, 1.54) is 54.1 Å². The first-order valence-electron chi connectivity index (χ1n) is 8.70. The molecule has 1 N–H and O–H groups in total. The zero-order chi connectivity index (χ0) is 15.0. The predicted molar refractivity (Wildman–Crippen MR) is 91.0 cm³/mol. The number of rotatable bonds is 5. The Kier molecular flexibility index (Phi) is 4.42. The summed E-state index contributed by atoms with van der Waals surface area (Å²) in [6.07, 6.45) is 8.17. The van der Waals surface area contributed by atoms with Gasteiger partial charge < -0.3 is 5.32 Å². The van der Waals surface area contributed by atoms with Gasteiger partial charge in [0.05, 0.1) is 10.7 Å². The molecule has 21 heavy (non-hydrogen) atoms. The summed E-state index contributed by atoms with van der Waals surface area (Å²) < 4.78 is 0. The standard InChI is InChI=1S/C18H30N2S/c1-5-12-6-7-13(10-12)17-20-16(18(2,3)4)15(21-17)11-19-14-8-9-14/h12-14,19H,5-11H2,1-4H3. The fraction of sp³-hybridized carbons (Fsp3) is 0.833. The van der Waals surface area contributed by atoms with E-state index in [-0.39, 0.29) is 5.41 Å². The molecule has 2 atom stereocenters. The van der Waals surface area contributed by atoms with Crippen molar-refractivity contribution >= 4 is 11.3 Å². The van der Waals surface area contributed by atoms with Crippen LogP contribution in [0.25, 0.3) is 0 Å². The summed E-state index contributed by atoms with van der Waals surface area (Å²) in [6, 6.07) is 0.777. The predicted octanol–water partition coefficient (Wildman–Crippen LogP) is 4.99. The number of aromatic nitrogens is 1. The lowest BCUT2D eigenvalue weighted by Gasteiger charge is -2.18. The normalized spacial score (nSPS) is 26.5. The molecule has 0 amide bonds. The summed E-state index contributed by atoms with van der Waals surface area (Å²) in [7, 11) is 0. The third-order valence-electron chi connectivity index (χ3n) is 5.02. The van der Waals surface area contributed by atoms with Crippen molar-refractivity contribution in [3.63, 3.8) is 0 Å². The highest BCUT2D eigenvalue weighted by Gasteiger charge is 2.31. The van der Waals surface area contributed by atoms with E-state index >= 15 is 0 Å². The molecule has 2 fully saturated rings. The van der Waals surface area contributed by atoms with E-state index in [0.29, 0.717) is 0 Å². The molecule has 2 saturated carbocycles. The second kappa shape index (κ2) is 6.00. The van der Waals surface area contributed by atoms with Crippen LogP contribution in [0.1, 0.15) is 87.7 Å². The van der Waals surface area contributed by atoms with Crippen molar-refractivity contribution in [1.29, 1.82) is 0 Å². The minimum atomic E-state index is 0.165. The lowest BCUT2D eigenvalue weighted by Crippen LogP contribution is -2.20. The summed E-state index contributed by atoms with van der Waals surface area (Å²) in [6.45, 7) is 10.3. The van der Waals surface area contributed by atoms with Crippen molar-refractivity contribution in [3.8, 4) is 0 Å². The van der Waals surface area contributed by atoms with Gasteiger partial charge in [-0.25, -0.2) is 4.98 Å². The monoisotopic (exact) mass is 306 g/mol. The van der Waals surface area contributed by atoms with Crippen LogP contribution in [0, 0.1) is 5.92 Å². The van der Waals surface area contributed by atoms with Crippen molar-refractivity contribution in [2.75, 3.05) is 0 Å².